The molecule has 3 heterocycles. The summed E-state index contributed by atoms with van der Waals surface area (Å²) in [7, 11) is 0. The summed E-state index contributed by atoms with van der Waals surface area (Å²) in [5.41, 5.74) is 2.00. The Kier molecular flexibility index (Phi) is 7.51. The third-order valence-corrected chi connectivity index (χ3v) is 4.54. The predicted octanol–water partition coefficient (Wildman–Crippen LogP) is 1.76. The van der Waals surface area contributed by atoms with E-state index in [-0.39, 0.29) is 30.9 Å². The number of nitrogens with zero attached hydrogens (tertiary/aromatic N) is 3. The molecule has 0 aromatic carbocycles. The van der Waals surface area contributed by atoms with E-state index >= 15 is 0 Å². The summed E-state index contributed by atoms with van der Waals surface area (Å²) in [5, 5.41) is 15.5. The van der Waals surface area contributed by atoms with Crippen molar-refractivity contribution in [3.8, 4) is 0 Å². The summed E-state index contributed by atoms with van der Waals surface area (Å²) in [6, 6.07) is -0.390. The average molecular weight is 378 g/mol. The van der Waals surface area contributed by atoms with Crippen molar-refractivity contribution >= 4 is 42.5 Å². The van der Waals surface area contributed by atoms with E-state index in [0.29, 0.717) is 13.0 Å². The molecule has 0 spiro atoms. The molecule has 136 valence electrons. The van der Waals surface area contributed by atoms with Crippen molar-refractivity contribution in [1.29, 1.82) is 0 Å². The normalized spacial score (nSPS) is 22.7. The van der Waals surface area contributed by atoms with Gasteiger partial charge in [-0.25, -0.2) is 4.98 Å². The highest BCUT2D eigenvalue weighted by atomic mass is 35.5. The van der Waals surface area contributed by atoms with Gasteiger partial charge in [-0.3, -0.25) is 4.79 Å². The molecule has 0 aliphatic carbocycles. The summed E-state index contributed by atoms with van der Waals surface area (Å²) in [4.78, 5) is 22.5. The van der Waals surface area contributed by atoms with E-state index in [1.54, 1.807) is 0 Å². The number of carboxylic acids is 1. The van der Waals surface area contributed by atoms with Crippen LogP contribution in [0.25, 0.3) is 0 Å². The number of anilines is 2. The van der Waals surface area contributed by atoms with Gasteiger partial charge in [-0.2, -0.15) is 4.98 Å². The van der Waals surface area contributed by atoms with E-state index < -0.39 is 12.0 Å². The molecule has 24 heavy (non-hydrogen) atoms. The van der Waals surface area contributed by atoms with Gasteiger partial charge in [-0.05, 0) is 33.1 Å². The summed E-state index contributed by atoms with van der Waals surface area (Å²) in [6.45, 7) is 6.65. The van der Waals surface area contributed by atoms with Crippen molar-refractivity contribution in [3.63, 3.8) is 0 Å². The van der Waals surface area contributed by atoms with E-state index in [2.05, 4.69) is 25.5 Å². The first-order chi connectivity index (χ1) is 10.5. The minimum Gasteiger partial charge on any atom is -0.480 e. The molecule has 0 bridgehead atoms. The van der Waals surface area contributed by atoms with Crippen LogP contribution in [0.3, 0.4) is 0 Å². The molecule has 3 rings (SSSR count). The molecule has 9 heteroatoms. The van der Waals surface area contributed by atoms with Crippen LogP contribution in [-0.4, -0.2) is 52.8 Å². The van der Waals surface area contributed by atoms with E-state index in [1.807, 2.05) is 13.8 Å². The van der Waals surface area contributed by atoms with Gasteiger partial charge in [-0.15, -0.1) is 24.8 Å². The highest BCUT2D eigenvalue weighted by Crippen LogP contribution is 2.23. The fraction of sp³-hybridized carbons (Fsp3) is 0.667. The quantitative estimate of drug-likeness (QED) is 0.736. The van der Waals surface area contributed by atoms with Crippen molar-refractivity contribution in [1.82, 2.24) is 15.3 Å². The first-order valence-electron chi connectivity index (χ1n) is 7.87. The number of carbonyl (C=O) groups is 1. The zero-order valence-corrected chi connectivity index (χ0v) is 15.5. The lowest BCUT2D eigenvalue weighted by Gasteiger charge is -2.20. The van der Waals surface area contributed by atoms with Crippen LogP contribution in [0.5, 0.6) is 0 Å². The Balaban J connectivity index is 0.00000144. The molecular weight excluding hydrogens is 353 g/mol. The maximum absolute atomic E-state index is 11.0. The molecule has 2 aliphatic rings. The average Bonchev–Trinajstić information content (AvgIpc) is 3.15. The van der Waals surface area contributed by atoms with Crippen LogP contribution in [0, 0.1) is 13.8 Å². The Bertz CT molecular complexity index is 581. The standard InChI is InChI=1S/C15H23N5O2.2ClH/c1-9-10(2)17-15(20-5-3-4-6-20)19-13(9)18-11-7-12(14(21)22)16-8-11;;/h11-12,16H,3-8H2,1-2H3,(H,21,22)(H,17,18,19);2*1H/t11-,12-;;/m0../s1. The van der Waals surface area contributed by atoms with Gasteiger partial charge in [-0.1, -0.05) is 0 Å². The minimum absolute atomic E-state index is 0. The van der Waals surface area contributed by atoms with Gasteiger partial charge >= 0.3 is 5.97 Å². The van der Waals surface area contributed by atoms with Crippen LogP contribution in [-0.2, 0) is 4.79 Å². The summed E-state index contributed by atoms with van der Waals surface area (Å²) >= 11 is 0. The highest BCUT2D eigenvalue weighted by Gasteiger charge is 2.30. The van der Waals surface area contributed by atoms with Crippen molar-refractivity contribution in [2.45, 2.75) is 45.2 Å². The Labute approximate surface area is 154 Å². The number of aliphatic carboxylic acids is 1. The SMILES string of the molecule is Cc1nc(N2CCCC2)nc(N[C@@H]2CN[C@H](C(=O)O)C2)c1C.Cl.Cl. The predicted molar refractivity (Wildman–Crippen MR) is 98.9 cm³/mol. The van der Waals surface area contributed by atoms with Crippen LogP contribution >= 0.6 is 24.8 Å². The number of nitrogens with one attached hydrogen (secondary N) is 2. The topological polar surface area (TPSA) is 90.4 Å². The minimum atomic E-state index is -0.794. The first kappa shape index (κ1) is 20.7. The van der Waals surface area contributed by atoms with Crippen molar-refractivity contribution in [2.75, 3.05) is 29.9 Å². The van der Waals surface area contributed by atoms with Crippen molar-refractivity contribution in [2.24, 2.45) is 0 Å². The van der Waals surface area contributed by atoms with Gasteiger partial charge < -0.3 is 20.6 Å². The Morgan fingerprint density at radius 2 is 1.92 bits per heavy atom. The molecule has 2 aliphatic heterocycles. The molecule has 1 aromatic heterocycles. The molecule has 2 fully saturated rings. The lowest BCUT2D eigenvalue weighted by Crippen LogP contribution is -2.30. The first-order valence-corrected chi connectivity index (χ1v) is 7.87. The summed E-state index contributed by atoms with van der Waals surface area (Å²) in [6.07, 6.45) is 2.94. The molecular formula is C15H25Cl2N5O2. The zero-order chi connectivity index (χ0) is 15.7. The maximum Gasteiger partial charge on any atom is 0.320 e. The molecule has 1 aromatic rings. The second-order valence-corrected chi connectivity index (χ2v) is 6.15. The Hall–Kier alpha value is -1.31. The largest absolute Gasteiger partial charge is 0.480 e. The van der Waals surface area contributed by atoms with Crippen molar-refractivity contribution in [3.05, 3.63) is 11.3 Å². The molecule has 0 amide bonds. The van der Waals surface area contributed by atoms with E-state index in [1.165, 1.54) is 12.8 Å². The van der Waals surface area contributed by atoms with Gasteiger partial charge in [0.15, 0.2) is 0 Å². The fourth-order valence-electron chi connectivity index (χ4n) is 3.04. The number of carboxylic acid groups (broad SMARTS) is 1. The monoisotopic (exact) mass is 377 g/mol. The molecule has 0 unspecified atom stereocenters. The number of hydrogen-bond acceptors (Lipinski definition) is 6. The van der Waals surface area contributed by atoms with Gasteiger partial charge in [0.05, 0.1) is 0 Å². The molecule has 0 radical (unpaired) electrons. The Morgan fingerprint density at radius 1 is 1.25 bits per heavy atom. The van der Waals surface area contributed by atoms with Crippen LogP contribution in [0.1, 0.15) is 30.5 Å². The highest BCUT2D eigenvalue weighted by molar-refractivity contribution is 5.85. The Morgan fingerprint density at radius 3 is 2.50 bits per heavy atom. The smallest absolute Gasteiger partial charge is 0.320 e. The fourth-order valence-corrected chi connectivity index (χ4v) is 3.04. The van der Waals surface area contributed by atoms with Gasteiger partial charge in [0.1, 0.15) is 11.9 Å². The maximum atomic E-state index is 11.0. The number of halogens is 2. The number of rotatable bonds is 4. The molecule has 2 saturated heterocycles. The van der Waals surface area contributed by atoms with Crippen LogP contribution in [0.15, 0.2) is 0 Å². The molecule has 2 atom stereocenters. The molecule has 7 nitrogen and oxygen atoms in total. The third kappa shape index (κ3) is 4.40. The second kappa shape index (κ2) is 8.69. The third-order valence-electron chi connectivity index (χ3n) is 4.54. The lowest BCUT2D eigenvalue weighted by atomic mass is 10.1. The molecule has 3 N–H and O–H groups in total. The van der Waals surface area contributed by atoms with Gasteiger partial charge in [0.25, 0.3) is 0 Å². The zero-order valence-electron chi connectivity index (χ0n) is 13.9. The van der Waals surface area contributed by atoms with Crippen LogP contribution in [0.2, 0.25) is 0 Å². The molecule has 0 saturated carbocycles. The van der Waals surface area contributed by atoms with Crippen molar-refractivity contribution < 1.29 is 9.90 Å². The van der Waals surface area contributed by atoms with E-state index in [9.17, 15) is 4.79 Å². The number of aromatic nitrogens is 2. The number of hydrogen-bond donors (Lipinski definition) is 3. The lowest BCUT2D eigenvalue weighted by molar-refractivity contribution is -0.139. The number of aryl methyl sites for hydroxylation is 1. The van der Waals surface area contributed by atoms with Gasteiger partial charge in [0, 0.05) is 36.9 Å². The van der Waals surface area contributed by atoms with Crippen LogP contribution in [0.4, 0.5) is 11.8 Å². The van der Waals surface area contributed by atoms with E-state index in [4.69, 9.17) is 5.11 Å². The summed E-state index contributed by atoms with van der Waals surface area (Å²) in [5.74, 6) is 0.814. The van der Waals surface area contributed by atoms with Gasteiger partial charge in [0.2, 0.25) is 5.95 Å². The second-order valence-electron chi connectivity index (χ2n) is 6.15. The van der Waals surface area contributed by atoms with E-state index in [0.717, 1.165) is 36.1 Å². The van der Waals surface area contributed by atoms with Crippen LogP contribution < -0.4 is 15.5 Å². The summed E-state index contributed by atoms with van der Waals surface area (Å²) < 4.78 is 0.